The van der Waals surface area contributed by atoms with Crippen LogP contribution in [0.1, 0.15) is 40.0 Å². The number of esters is 1. The van der Waals surface area contributed by atoms with Crippen LogP contribution in [0.15, 0.2) is 0 Å². The normalized spacial score (nSPS) is 18.4. The van der Waals surface area contributed by atoms with E-state index in [1.807, 2.05) is 20.8 Å². The lowest BCUT2D eigenvalue weighted by Gasteiger charge is -2.26. The minimum atomic E-state index is -0.385. The minimum absolute atomic E-state index is 0.176. The van der Waals surface area contributed by atoms with Crippen LogP contribution in [-0.2, 0) is 9.53 Å². The fourth-order valence-corrected chi connectivity index (χ4v) is 1.81. The average Bonchev–Trinajstić information content (AvgIpc) is 2.16. The third-order valence-electron chi connectivity index (χ3n) is 2.47. The molecular formula is C12H24N2O2. The van der Waals surface area contributed by atoms with Gasteiger partial charge in [0, 0.05) is 6.67 Å². The molecule has 1 rings (SSSR count). The Balaban J connectivity index is 2.08. The van der Waals surface area contributed by atoms with Crippen molar-refractivity contribution in [2.24, 2.45) is 0 Å². The number of hydrogen-bond acceptors (Lipinski definition) is 4. The van der Waals surface area contributed by atoms with Gasteiger partial charge in [-0.15, -0.1) is 0 Å². The summed E-state index contributed by atoms with van der Waals surface area (Å²) < 4.78 is 5.21. The Labute approximate surface area is 98.3 Å². The van der Waals surface area contributed by atoms with Crippen molar-refractivity contribution >= 4 is 5.97 Å². The molecule has 94 valence electrons. The SMILES string of the molecule is CC(C)(C)OC(=O)CNCN1CCCCC1. The van der Waals surface area contributed by atoms with Crippen molar-refractivity contribution in [2.45, 2.75) is 45.6 Å². The molecule has 0 aromatic carbocycles. The van der Waals surface area contributed by atoms with Crippen molar-refractivity contribution in [2.75, 3.05) is 26.3 Å². The molecule has 1 heterocycles. The highest BCUT2D eigenvalue weighted by atomic mass is 16.6. The Kier molecular flexibility index (Phi) is 5.22. The number of nitrogens with one attached hydrogen (secondary N) is 1. The van der Waals surface area contributed by atoms with Crippen LogP contribution in [0.2, 0.25) is 0 Å². The summed E-state index contributed by atoms with van der Waals surface area (Å²) in [5.41, 5.74) is -0.385. The summed E-state index contributed by atoms with van der Waals surface area (Å²) >= 11 is 0. The minimum Gasteiger partial charge on any atom is -0.459 e. The summed E-state index contributed by atoms with van der Waals surface area (Å²) in [6, 6.07) is 0. The molecule has 0 unspecified atom stereocenters. The molecule has 0 aliphatic carbocycles. The number of hydrogen-bond donors (Lipinski definition) is 1. The molecule has 16 heavy (non-hydrogen) atoms. The number of carbonyl (C=O) groups excluding carboxylic acids is 1. The average molecular weight is 228 g/mol. The molecule has 0 saturated carbocycles. The molecule has 0 atom stereocenters. The van der Waals surface area contributed by atoms with Gasteiger partial charge < -0.3 is 4.74 Å². The Morgan fingerprint density at radius 1 is 1.25 bits per heavy atom. The van der Waals surface area contributed by atoms with Gasteiger partial charge in [-0.1, -0.05) is 6.42 Å². The fourth-order valence-electron chi connectivity index (χ4n) is 1.81. The maximum atomic E-state index is 11.4. The van der Waals surface area contributed by atoms with E-state index in [2.05, 4.69) is 10.2 Å². The molecule has 0 aromatic heterocycles. The predicted octanol–water partition coefficient (Wildman–Crippen LogP) is 1.36. The van der Waals surface area contributed by atoms with Crippen LogP contribution in [0.5, 0.6) is 0 Å². The number of nitrogens with zero attached hydrogens (tertiary/aromatic N) is 1. The van der Waals surface area contributed by atoms with E-state index >= 15 is 0 Å². The summed E-state index contributed by atoms with van der Waals surface area (Å²) in [6.07, 6.45) is 3.88. The highest BCUT2D eigenvalue weighted by Gasteiger charge is 2.16. The molecule has 4 nitrogen and oxygen atoms in total. The van der Waals surface area contributed by atoms with Crippen LogP contribution in [-0.4, -0.2) is 42.8 Å². The van der Waals surface area contributed by atoms with Crippen LogP contribution in [0.3, 0.4) is 0 Å². The van der Waals surface area contributed by atoms with Gasteiger partial charge in [0.05, 0.1) is 6.54 Å². The van der Waals surface area contributed by atoms with Crippen molar-refractivity contribution in [1.82, 2.24) is 10.2 Å². The van der Waals surface area contributed by atoms with Crippen molar-refractivity contribution in [3.05, 3.63) is 0 Å². The zero-order valence-electron chi connectivity index (χ0n) is 10.7. The second-order valence-corrected chi connectivity index (χ2v) is 5.35. The number of ether oxygens (including phenoxy) is 1. The molecular weight excluding hydrogens is 204 g/mol. The molecule has 0 aromatic rings. The Morgan fingerprint density at radius 3 is 2.44 bits per heavy atom. The maximum Gasteiger partial charge on any atom is 0.320 e. The van der Waals surface area contributed by atoms with E-state index in [0.29, 0.717) is 6.54 Å². The van der Waals surface area contributed by atoms with Crippen molar-refractivity contribution in [1.29, 1.82) is 0 Å². The zero-order chi connectivity index (χ0) is 12.0. The summed E-state index contributed by atoms with van der Waals surface area (Å²) in [5.74, 6) is -0.176. The maximum absolute atomic E-state index is 11.4. The quantitative estimate of drug-likeness (QED) is 0.738. The lowest BCUT2D eigenvalue weighted by molar-refractivity contribution is -0.153. The molecule has 0 bridgehead atoms. The standard InChI is InChI=1S/C12H24N2O2/c1-12(2,3)16-11(15)9-13-10-14-7-5-4-6-8-14/h13H,4-10H2,1-3H3. The predicted molar refractivity (Wildman–Crippen MR) is 64.1 cm³/mol. The van der Waals surface area contributed by atoms with Crippen molar-refractivity contribution < 1.29 is 9.53 Å². The molecule has 1 saturated heterocycles. The van der Waals surface area contributed by atoms with Crippen molar-refractivity contribution in [3.63, 3.8) is 0 Å². The molecule has 1 aliphatic rings. The van der Waals surface area contributed by atoms with Crippen LogP contribution in [0, 0.1) is 0 Å². The second-order valence-electron chi connectivity index (χ2n) is 5.35. The van der Waals surface area contributed by atoms with Crippen LogP contribution in [0.25, 0.3) is 0 Å². The van der Waals surface area contributed by atoms with E-state index in [4.69, 9.17) is 4.74 Å². The lowest BCUT2D eigenvalue weighted by atomic mass is 10.1. The largest absolute Gasteiger partial charge is 0.459 e. The first kappa shape index (κ1) is 13.5. The first-order valence-corrected chi connectivity index (χ1v) is 6.12. The Bertz CT molecular complexity index is 218. The van der Waals surface area contributed by atoms with E-state index in [-0.39, 0.29) is 11.6 Å². The number of piperidine rings is 1. The van der Waals surface area contributed by atoms with Crippen LogP contribution >= 0.6 is 0 Å². The summed E-state index contributed by atoms with van der Waals surface area (Å²) in [7, 11) is 0. The summed E-state index contributed by atoms with van der Waals surface area (Å²) in [5, 5.41) is 3.13. The third kappa shape index (κ3) is 6.08. The van der Waals surface area contributed by atoms with Gasteiger partial charge in [0.1, 0.15) is 5.60 Å². The van der Waals surface area contributed by atoms with E-state index < -0.39 is 0 Å². The summed E-state index contributed by atoms with van der Waals surface area (Å²) in [4.78, 5) is 13.7. The molecule has 4 heteroatoms. The van der Waals surface area contributed by atoms with Gasteiger partial charge in [0.25, 0.3) is 0 Å². The summed E-state index contributed by atoms with van der Waals surface area (Å²) in [6.45, 7) is 9.02. The van der Waals surface area contributed by atoms with Gasteiger partial charge >= 0.3 is 5.97 Å². The topological polar surface area (TPSA) is 41.6 Å². The van der Waals surface area contributed by atoms with Gasteiger partial charge in [-0.3, -0.25) is 15.0 Å². The molecule has 1 aliphatic heterocycles. The van der Waals surface area contributed by atoms with Gasteiger partial charge in [0.2, 0.25) is 0 Å². The molecule has 0 spiro atoms. The van der Waals surface area contributed by atoms with E-state index in [1.165, 1.54) is 19.3 Å². The molecule has 0 amide bonds. The smallest absolute Gasteiger partial charge is 0.320 e. The second kappa shape index (κ2) is 6.21. The van der Waals surface area contributed by atoms with Gasteiger partial charge in [-0.2, -0.15) is 0 Å². The third-order valence-corrected chi connectivity index (χ3v) is 2.47. The number of carbonyl (C=O) groups is 1. The Morgan fingerprint density at radius 2 is 1.88 bits per heavy atom. The number of rotatable bonds is 4. The fraction of sp³-hybridized carbons (Fsp3) is 0.917. The highest BCUT2D eigenvalue weighted by molar-refractivity contribution is 5.72. The monoisotopic (exact) mass is 228 g/mol. The zero-order valence-corrected chi connectivity index (χ0v) is 10.7. The van der Waals surface area contributed by atoms with Gasteiger partial charge in [-0.05, 0) is 46.7 Å². The first-order chi connectivity index (χ1) is 7.47. The van der Waals surface area contributed by atoms with Crippen molar-refractivity contribution in [3.8, 4) is 0 Å². The van der Waals surface area contributed by atoms with Gasteiger partial charge in [-0.25, -0.2) is 0 Å². The van der Waals surface area contributed by atoms with Crippen LogP contribution in [0.4, 0.5) is 0 Å². The molecule has 0 radical (unpaired) electrons. The highest BCUT2D eigenvalue weighted by Crippen LogP contribution is 2.07. The molecule has 1 N–H and O–H groups in total. The van der Waals surface area contributed by atoms with E-state index in [0.717, 1.165) is 19.8 Å². The Hall–Kier alpha value is -0.610. The molecule has 1 fully saturated rings. The van der Waals surface area contributed by atoms with Gasteiger partial charge in [0.15, 0.2) is 0 Å². The lowest BCUT2D eigenvalue weighted by Crippen LogP contribution is -2.40. The first-order valence-electron chi connectivity index (χ1n) is 6.12. The van der Waals surface area contributed by atoms with E-state index in [9.17, 15) is 4.79 Å². The van der Waals surface area contributed by atoms with E-state index in [1.54, 1.807) is 0 Å². The van der Waals surface area contributed by atoms with Crippen LogP contribution < -0.4 is 5.32 Å². The number of likely N-dealkylation sites (tertiary alicyclic amines) is 1.